The predicted molar refractivity (Wildman–Crippen MR) is 122 cm³/mol. The maximum Gasteiger partial charge on any atom is 0.191 e. The zero-order chi connectivity index (χ0) is 20.5. The van der Waals surface area contributed by atoms with E-state index in [1.165, 1.54) is 63.8 Å². The van der Waals surface area contributed by atoms with Crippen molar-refractivity contribution in [2.24, 2.45) is 12.0 Å². The second kappa shape index (κ2) is 11.8. The van der Waals surface area contributed by atoms with Gasteiger partial charge in [-0.3, -0.25) is 0 Å². The number of rotatable bonds is 8. The first kappa shape index (κ1) is 22.4. The summed E-state index contributed by atoms with van der Waals surface area (Å²) in [5.74, 6) is 3.91. The second-order valence-corrected chi connectivity index (χ2v) is 9.39. The number of aliphatic imine (C=N–C) groups is 1. The molecule has 7 nitrogen and oxygen atoms in total. The average molecular weight is 422 g/mol. The molecule has 0 bridgehead atoms. The highest BCUT2D eigenvalue weighted by Gasteiger charge is 2.26. The summed E-state index contributed by atoms with van der Waals surface area (Å²) in [7, 11) is 2.00. The lowest BCUT2D eigenvalue weighted by molar-refractivity contribution is 0.119. The Hall–Kier alpha value is -1.28. The first-order chi connectivity index (χ1) is 14.2. The molecule has 0 atom stereocenters. The van der Waals surface area contributed by atoms with Gasteiger partial charge in [-0.15, -0.1) is 10.2 Å². The molecule has 2 fully saturated rings. The van der Waals surface area contributed by atoms with Crippen LogP contribution in [0.1, 0.15) is 63.0 Å². The molecule has 2 heterocycles. The fourth-order valence-electron chi connectivity index (χ4n) is 4.36. The number of aromatic nitrogens is 3. The van der Waals surface area contributed by atoms with Gasteiger partial charge in [-0.25, -0.2) is 4.99 Å². The number of piperidine rings is 1. The molecule has 1 aromatic heterocycles. The molecule has 1 aliphatic carbocycles. The summed E-state index contributed by atoms with van der Waals surface area (Å²) in [5.41, 5.74) is 0. The molecule has 0 radical (unpaired) electrons. The molecular weight excluding hydrogens is 382 g/mol. The smallest absolute Gasteiger partial charge is 0.191 e. The molecule has 0 unspecified atom stereocenters. The summed E-state index contributed by atoms with van der Waals surface area (Å²) < 4.78 is 2.01. The molecule has 1 aromatic rings. The lowest BCUT2D eigenvalue weighted by Crippen LogP contribution is -2.51. The van der Waals surface area contributed by atoms with E-state index < -0.39 is 0 Å². The van der Waals surface area contributed by atoms with Crippen LogP contribution in [0.15, 0.2) is 4.99 Å². The topological polar surface area (TPSA) is 70.4 Å². The Morgan fingerprint density at radius 3 is 2.55 bits per heavy atom. The number of aryl methyl sites for hydroxylation is 1. The molecular formula is C21H39N7S. The van der Waals surface area contributed by atoms with Crippen LogP contribution in [-0.4, -0.2) is 69.4 Å². The zero-order valence-corrected chi connectivity index (χ0v) is 19.3. The predicted octanol–water partition coefficient (Wildman–Crippen LogP) is 2.71. The number of nitrogens with zero attached hydrogens (tertiary/aromatic N) is 5. The van der Waals surface area contributed by atoms with E-state index in [1.54, 1.807) is 0 Å². The molecule has 0 aromatic carbocycles. The van der Waals surface area contributed by atoms with Gasteiger partial charge >= 0.3 is 0 Å². The molecule has 8 heteroatoms. The van der Waals surface area contributed by atoms with Gasteiger partial charge in [0.25, 0.3) is 0 Å². The summed E-state index contributed by atoms with van der Waals surface area (Å²) in [6.45, 7) is 5.90. The summed E-state index contributed by atoms with van der Waals surface area (Å²) in [6, 6.07) is 1.34. The highest BCUT2D eigenvalue weighted by Crippen LogP contribution is 2.25. The molecule has 1 aliphatic heterocycles. The summed E-state index contributed by atoms with van der Waals surface area (Å²) in [4.78, 5) is 7.56. The quantitative estimate of drug-likeness (QED) is 0.382. The third-order valence-corrected chi connectivity index (χ3v) is 7.04. The van der Waals surface area contributed by atoms with E-state index in [2.05, 4.69) is 32.0 Å². The Labute approximate surface area is 180 Å². The van der Waals surface area contributed by atoms with Gasteiger partial charge in [-0.1, -0.05) is 19.3 Å². The number of hydrogen-bond donors (Lipinski definition) is 2. The zero-order valence-electron chi connectivity index (χ0n) is 18.5. The van der Waals surface area contributed by atoms with Crippen molar-refractivity contribution in [1.29, 1.82) is 0 Å². The molecule has 1 saturated heterocycles. The van der Waals surface area contributed by atoms with Crippen LogP contribution in [0, 0.1) is 6.92 Å². The third-order valence-electron chi connectivity index (χ3n) is 6.34. The standard InChI is InChI=1S/C21H39N7S/c1-17-25-26-20(27(17)2)16-23-21(22-12-7-15-29-3)24-18-10-13-28(14-11-18)19-8-5-4-6-9-19/h18-19H,4-16H2,1-3H3,(H2,22,23,24). The lowest BCUT2D eigenvalue weighted by Gasteiger charge is -2.39. The van der Waals surface area contributed by atoms with Gasteiger partial charge in [0.05, 0.1) is 0 Å². The van der Waals surface area contributed by atoms with Crippen LogP contribution in [0.3, 0.4) is 0 Å². The highest BCUT2D eigenvalue weighted by atomic mass is 32.2. The fraction of sp³-hybridized carbons (Fsp3) is 0.857. The van der Waals surface area contributed by atoms with Crippen molar-refractivity contribution in [1.82, 2.24) is 30.3 Å². The van der Waals surface area contributed by atoms with Gasteiger partial charge in [0, 0.05) is 38.8 Å². The average Bonchev–Trinajstić information content (AvgIpc) is 3.08. The van der Waals surface area contributed by atoms with Gasteiger partial charge in [-0.05, 0) is 51.0 Å². The molecule has 2 N–H and O–H groups in total. The van der Waals surface area contributed by atoms with Crippen molar-refractivity contribution < 1.29 is 0 Å². The second-order valence-electron chi connectivity index (χ2n) is 8.41. The van der Waals surface area contributed by atoms with Crippen LogP contribution in [0.2, 0.25) is 0 Å². The number of thioether (sulfide) groups is 1. The van der Waals surface area contributed by atoms with Crippen LogP contribution in [-0.2, 0) is 13.6 Å². The molecule has 0 amide bonds. The van der Waals surface area contributed by atoms with Gasteiger partial charge in [0.1, 0.15) is 12.4 Å². The molecule has 164 valence electrons. The maximum absolute atomic E-state index is 4.82. The van der Waals surface area contributed by atoms with Crippen LogP contribution < -0.4 is 10.6 Å². The SMILES string of the molecule is CSCCCNC(=NCc1nnc(C)n1C)NC1CCN(C2CCCCC2)CC1. The number of guanidine groups is 1. The van der Waals surface area contributed by atoms with Crippen molar-refractivity contribution in [2.75, 3.05) is 31.6 Å². The summed E-state index contributed by atoms with van der Waals surface area (Å²) in [5, 5.41) is 15.6. The van der Waals surface area contributed by atoms with Gasteiger partial charge in [0.2, 0.25) is 0 Å². The van der Waals surface area contributed by atoms with Crippen molar-refractivity contribution in [3.63, 3.8) is 0 Å². The van der Waals surface area contributed by atoms with Crippen LogP contribution in [0.5, 0.6) is 0 Å². The lowest BCUT2D eigenvalue weighted by atomic mass is 9.92. The van der Waals surface area contributed by atoms with E-state index in [9.17, 15) is 0 Å². The van der Waals surface area contributed by atoms with Crippen molar-refractivity contribution in [3.05, 3.63) is 11.6 Å². The van der Waals surface area contributed by atoms with E-state index in [0.717, 1.165) is 36.6 Å². The largest absolute Gasteiger partial charge is 0.356 e. The third kappa shape index (κ3) is 6.88. The van der Waals surface area contributed by atoms with E-state index in [4.69, 9.17) is 4.99 Å². The minimum Gasteiger partial charge on any atom is -0.356 e. The van der Waals surface area contributed by atoms with E-state index >= 15 is 0 Å². The van der Waals surface area contributed by atoms with Crippen molar-refractivity contribution >= 4 is 17.7 Å². The molecule has 29 heavy (non-hydrogen) atoms. The Balaban J connectivity index is 1.52. The Bertz CT molecular complexity index is 631. The molecule has 0 spiro atoms. The van der Waals surface area contributed by atoms with Gasteiger partial charge in [0.15, 0.2) is 11.8 Å². The van der Waals surface area contributed by atoms with E-state index in [-0.39, 0.29) is 0 Å². The van der Waals surface area contributed by atoms with Crippen LogP contribution >= 0.6 is 11.8 Å². The van der Waals surface area contributed by atoms with E-state index in [0.29, 0.717) is 12.6 Å². The first-order valence-electron chi connectivity index (χ1n) is 11.3. The number of likely N-dealkylation sites (tertiary alicyclic amines) is 1. The number of nitrogens with one attached hydrogen (secondary N) is 2. The summed E-state index contributed by atoms with van der Waals surface area (Å²) >= 11 is 1.89. The maximum atomic E-state index is 4.82. The molecule has 3 rings (SSSR count). The highest BCUT2D eigenvalue weighted by molar-refractivity contribution is 7.98. The fourth-order valence-corrected chi connectivity index (χ4v) is 4.80. The Morgan fingerprint density at radius 2 is 1.90 bits per heavy atom. The van der Waals surface area contributed by atoms with Crippen LogP contribution in [0.25, 0.3) is 0 Å². The minimum atomic E-state index is 0.503. The monoisotopic (exact) mass is 421 g/mol. The summed E-state index contributed by atoms with van der Waals surface area (Å²) in [6.07, 6.45) is 12.8. The number of hydrogen-bond acceptors (Lipinski definition) is 5. The molecule has 1 saturated carbocycles. The van der Waals surface area contributed by atoms with Crippen LogP contribution in [0.4, 0.5) is 0 Å². The molecule has 2 aliphatic rings. The van der Waals surface area contributed by atoms with E-state index in [1.807, 2.05) is 30.3 Å². The normalized spacial score (nSPS) is 20.2. The first-order valence-corrected chi connectivity index (χ1v) is 12.7. The van der Waals surface area contributed by atoms with Crippen molar-refractivity contribution in [2.45, 2.75) is 76.9 Å². The Morgan fingerprint density at radius 1 is 1.14 bits per heavy atom. The van der Waals surface area contributed by atoms with Gasteiger partial charge in [-0.2, -0.15) is 11.8 Å². The van der Waals surface area contributed by atoms with Gasteiger partial charge < -0.3 is 20.1 Å². The van der Waals surface area contributed by atoms with Crippen molar-refractivity contribution in [3.8, 4) is 0 Å². The Kier molecular flexibility index (Phi) is 9.11. The minimum absolute atomic E-state index is 0.503.